The Hall–Kier alpha value is -3.24. The van der Waals surface area contributed by atoms with Crippen LogP contribution in [0.3, 0.4) is 0 Å². The zero-order valence-electron chi connectivity index (χ0n) is 18.1. The topological polar surface area (TPSA) is 131 Å². The van der Waals surface area contributed by atoms with Crippen molar-refractivity contribution in [1.29, 1.82) is 0 Å². The quantitative estimate of drug-likeness (QED) is 0.472. The summed E-state index contributed by atoms with van der Waals surface area (Å²) in [5.74, 6) is -1.56. The molecule has 1 aliphatic rings. The predicted molar refractivity (Wildman–Crippen MR) is 130 cm³/mol. The van der Waals surface area contributed by atoms with E-state index >= 15 is 0 Å². The summed E-state index contributed by atoms with van der Waals surface area (Å²) >= 11 is 2.21. The number of para-hydroxylation sites is 1. The lowest BCUT2D eigenvalue weighted by Crippen LogP contribution is -2.46. The highest BCUT2D eigenvalue weighted by molar-refractivity contribution is 7.10. The van der Waals surface area contributed by atoms with Crippen molar-refractivity contribution in [2.45, 2.75) is 44.7 Å². The molecule has 3 amide bonds. The molecule has 1 saturated carbocycles. The van der Waals surface area contributed by atoms with E-state index in [9.17, 15) is 14.4 Å². The molecule has 33 heavy (non-hydrogen) atoms. The van der Waals surface area contributed by atoms with E-state index in [0.717, 1.165) is 47.7 Å². The lowest BCUT2D eigenvalue weighted by Gasteiger charge is -2.32. The van der Waals surface area contributed by atoms with Gasteiger partial charge >= 0.3 is 0 Å². The summed E-state index contributed by atoms with van der Waals surface area (Å²) in [4.78, 5) is 41.5. The molecule has 0 radical (unpaired) electrons. The van der Waals surface area contributed by atoms with Gasteiger partial charge in [-0.3, -0.25) is 19.3 Å². The average Bonchev–Trinajstić information content (AvgIpc) is 3.54. The molecule has 0 bridgehead atoms. The van der Waals surface area contributed by atoms with E-state index < -0.39 is 17.9 Å². The first-order valence-corrected chi connectivity index (χ1v) is 12.3. The molecule has 10 heteroatoms. The highest BCUT2D eigenvalue weighted by Gasteiger charge is 2.38. The smallest absolute Gasteiger partial charge is 0.273 e. The van der Waals surface area contributed by atoms with E-state index in [1.165, 1.54) is 16.2 Å². The Bertz CT molecular complexity index is 1170. The van der Waals surface area contributed by atoms with Crippen LogP contribution in [0.4, 0.5) is 11.4 Å². The van der Waals surface area contributed by atoms with Gasteiger partial charge in [-0.2, -0.15) is 4.37 Å². The zero-order chi connectivity index (χ0) is 23.5. The van der Waals surface area contributed by atoms with E-state index in [4.69, 9.17) is 11.5 Å². The number of carbonyl (C=O) groups excluding carboxylic acids is 3. The third-order valence-electron chi connectivity index (χ3n) is 5.77. The zero-order valence-corrected chi connectivity index (χ0v) is 19.7. The van der Waals surface area contributed by atoms with Crippen LogP contribution in [0.25, 0.3) is 0 Å². The van der Waals surface area contributed by atoms with Gasteiger partial charge in [0.25, 0.3) is 11.8 Å². The minimum atomic E-state index is -0.905. The standard InChI is InChI=1S/C23H25N5O3S2/c1-13-7-2-5-10-15(13)28(23(31)20-17(24)18(21(25)29)27-33-20)19(16-11-6-12-32-16)22(30)26-14-8-3-4-9-14/h2,5-7,10-12,14,19H,3-4,8-9,24H2,1H3,(H2,25,29)(H,26,30)/t19-/m0/s1. The monoisotopic (exact) mass is 483 g/mol. The number of benzene rings is 1. The minimum absolute atomic E-state index is 0.0716. The third kappa shape index (κ3) is 4.62. The van der Waals surface area contributed by atoms with Crippen LogP contribution in [-0.2, 0) is 4.79 Å². The fourth-order valence-electron chi connectivity index (χ4n) is 4.11. The van der Waals surface area contributed by atoms with Gasteiger partial charge in [-0.25, -0.2) is 0 Å². The Morgan fingerprint density at radius 3 is 2.48 bits per heavy atom. The van der Waals surface area contributed by atoms with E-state index in [1.54, 1.807) is 6.07 Å². The molecule has 0 saturated heterocycles. The molecule has 8 nitrogen and oxygen atoms in total. The van der Waals surface area contributed by atoms with Crippen LogP contribution in [0.5, 0.6) is 0 Å². The lowest BCUT2D eigenvalue weighted by molar-refractivity contribution is -0.123. The second-order valence-electron chi connectivity index (χ2n) is 8.01. The molecule has 0 unspecified atom stereocenters. The summed E-state index contributed by atoms with van der Waals surface area (Å²) in [6, 6.07) is 10.2. The van der Waals surface area contributed by atoms with Crippen molar-refractivity contribution in [2.75, 3.05) is 10.6 Å². The van der Waals surface area contributed by atoms with Gasteiger partial charge in [-0.1, -0.05) is 37.1 Å². The van der Waals surface area contributed by atoms with Crippen molar-refractivity contribution in [3.8, 4) is 0 Å². The first-order valence-electron chi connectivity index (χ1n) is 10.7. The SMILES string of the molecule is Cc1ccccc1N(C(=O)c1snc(C(N)=O)c1N)[C@H](C(=O)NC1CCCC1)c1cccs1. The van der Waals surface area contributed by atoms with Crippen LogP contribution in [0.2, 0.25) is 0 Å². The van der Waals surface area contributed by atoms with Crippen LogP contribution in [0, 0.1) is 6.92 Å². The van der Waals surface area contributed by atoms with Gasteiger partial charge in [0.1, 0.15) is 4.88 Å². The Morgan fingerprint density at radius 1 is 1.15 bits per heavy atom. The van der Waals surface area contributed by atoms with Gasteiger partial charge < -0.3 is 16.8 Å². The maximum absolute atomic E-state index is 13.9. The summed E-state index contributed by atoms with van der Waals surface area (Å²) < 4.78 is 3.98. The highest BCUT2D eigenvalue weighted by atomic mass is 32.1. The number of rotatable bonds is 7. The van der Waals surface area contributed by atoms with Crippen molar-refractivity contribution >= 4 is 52.0 Å². The van der Waals surface area contributed by atoms with Crippen molar-refractivity contribution < 1.29 is 14.4 Å². The van der Waals surface area contributed by atoms with Crippen LogP contribution >= 0.6 is 22.9 Å². The minimum Gasteiger partial charge on any atom is -0.395 e. The van der Waals surface area contributed by atoms with Crippen molar-refractivity contribution in [3.63, 3.8) is 0 Å². The van der Waals surface area contributed by atoms with Crippen molar-refractivity contribution in [1.82, 2.24) is 9.69 Å². The van der Waals surface area contributed by atoms with Crippen molar-refractivity contribution in [2.24, 2.45) is 5.73 Å². The Kier molecular flexibility index (Phi) is 6.75. The molecule has 1 aromatic carbocycles. The summed E-state index contributed by atoms with van der Waals surface area (Å²) in [6.45, 7) is 1.88. The molecule has 0 aliphatic heterocycles. The number of amides is 3. The maximum Gasteiger partial charge on any atom is 0.273 e. The normalized spacial score (nSPS) is 14.7. The fourth-order valence-corrected chi connectivity index (χ4v) is 5.66. The number of nitrogen functional groups attached to an aromatic ring is 1. The van der Waals surface area contributed by atoms with Crippen molar-refractivity contribution in [3.05, 3.63) is 62.8 Å². The summed E-state index contributed by atoms with van der Waals surface area (Å²) in [7, 11) is 0. The van der Waals surface area contributed by atoms with Gasteiger partial charge in [0, 0.05) is 16.6 Å². The summed E-state index contributed by atoms with van der Waals surface area (Å²) in [5.41, 5.74) is 12.6. The fraction of sp³-hybridized carbons (Fsp3) is 0.304. The number of nitrogens with zero attached hydrogens (tertiary/aromatic N) is 2. The number of hydrogen-bond donors (Lipinski definition) is 3. The molecule has 1 atom stereocenters. The largest absolute Gasteiger partial charge is 0.395 e. The number of nitrogens with one attached hydrogen (secondary N) is 1. The van der Waals surface area contributed by atoms with Gasteiger partial charge in [-0.15, -0.1) is 11.3 Å². The second-order valence-corrected chi connectivity index (χ2v) is 9.76. The molecule has 172 valence electrons. The van der Waals surface area contributed by atoms with Gasteiger partial charge in [0.2, 0.25) is 5.91 Å². The van der Waals surface area contributed by atoms with Crippen LogP contribution in [-0.4, -0.2) is 28.1 Å². The van der Waals surface area contributed by atoms with E-state index in [-0.39, 0.29) is 28.2 Å². The predicted octanol–water partition coefficient (Wildman–Crippen LogP) is 3.64. The molecular weight excluding hydrogens is 458 g/mol. The third-order valence-corrected chi connectivity index (χ3v) is 7.55. The van der Waals surface area contributed by atoms with E-state index in [0.29, 0.717) is 5.69 Å². The first-order chi connectivity index (χ1) is 15.9. The van der Waals surface area contributed by atoms with Crippen LogP contribution < -0.4 is 21.7 Å². The first kappa shape index (κ1) is 22.9. The average molecular weight is 484 g/mol. The molecule has 1 aliphatic carbocycles. The molecule has 1 fully saturated rings. The number of nitrogens with two attached hydrogens (primary N) is 2. The van der Waals surface area contributed by atoms with E-state index in [2.05, 4.69) is 9.69 Å². The summed E-state index contributed by atoms with van der Waals surface area (Å²) in [5, 5.41) is 5.01. The lowest BCUT2D eigenvalue weighted by atomic mass is 10.1. The molecule has 2 heterocycles. The molecule has 0 spiro atoms. The number of hydrogen-bond acceptors (Lipinski definition) is 7. The number of primary amides is 1. The van der Waals surface area contributed by atoms with Gasteiger partial charge in [-0.05, 0) is 54.4 Å². The number of aromatic nitrogens is 1. The maximum atomic E-state index is 13.9. The van der Waals surface area contributed by atoms with E-state index in [1.807, 2.05) is 42.6 Å². The molecule has 4 rings (SSSR count). The van der Waals surface area contributed by atoms with Crippen LogP contribution in [0.1, 0.15) is 62.3 Å². The molecular formula is C23H25N5O3S2. The Morgan fingerprint density at radius 2 is 1.88 bits per heavy atom. The Labute approximate surface area is 199 Å². The number of thiophene rings is 1. The molecule has 3 aromatic rings. The van der Waals surface area contributed by atoms with Crippen LogP contribution in [0.15, 0.2) is 41.8 Å². The highest BCUT2D eigenvalue weighted by Crippen LogP contribution is 2.36. The number of carbonyl (C=O) groups is 3. The molecule has 5 N–H and O–H groups in total. The van der Waals surface area contributed by atoms with Gasteiger partial charge in [0.05, 0.1) is 5.69 Å². The number of anilines is 2. The summed E-state index contributed by atoms with van der Waals surface area (Å²) in [6.07, 6.45) is 3.99. The Balaban J connectivity index is 1.83. The number of aryl methyl sites for hydroxylation is 1. The molecule has 2 aromatic heterocycles. The second kappa shape index (κ2) is 9.72. The van der Waals surface area contributed by atoms with Gasteiger partial charge in [0.15, 0.2) is 11.7 Å².